The van der Waals surface area contributed by atoms with Crippen molar-refractivity contribution in [2.45, 2.75) is 33.7 Å². The first-order chi connectivity index (χ1) is 7.08. The van der Waals surface area contributed by atoms with Gasteiger partial charge in [0.05, 0.1) is 0 Å². The van der Waals surface area contributed by atoms with Crippen LogP contribution < -0.4 is 5.32 Å². The van der Waals surface area contributed by atoms with Gasteiger partial charge in [-0.05, 0) is 42.3 Å². The van der Waals surface area contributed by atoms with Gasteiger partial charge in [0.1, 0.15) is 0 Å². The molecule has 1 aliphatic rings. The van der Waals surface area contributed by atoms with E-state index in [0.29, 0.717) is 5.41 Å². The van der Waals surface area contributed by atoms with E-state index >= 15 is 0 Å². The summed E-state index contributed by atoms with van der Waals surface area (Å²) < 4.78 is 0. The van der Waals surface area contributed by atoms with Crippen LogP contribution >= 0.6 is 0 Å². The predicted molar refractivity (Wildman–Crippen MR) is 62.6 cm³/mol. The van der Waals surface area contributed by atoms with Crippen molar-refractivity contribution in [1.29, 1.82) is 0 Å². The maximum atomic E-state index is 4.19. The van der Waals surface area contributed by atoms with Crippen molar-refractivity contribution in [1.82, 2.24) is 10.3 Å². The molecular formula is C13H20N2. The van der Waals surface area contributed by atoms with Crippen molar-refractivity contribution in [3.05, 3.63) is 29.6 Å². The Morgan fingerprint density at radius 3 is 2.80 bits per heavy atom. The molecule has 0 spiro atoms. The van der Waals surface area contributed by atoms with Crippen molar-refractivity contribution < 1.29 is 0 Å². The standard InChI is InChI=1S/C13H20N2/c1-10-4-11(7-14-6-10)8-15-9-12-5-13(12,2)3/h4,6-7,12,15H,5,8-9H2,1-3H3. The minimum Gasteiger partial charge on any atom is -0.312 e. The Labute approximate surface area is 92.1 Å². The van der Waals surface area contributed by atoms with Gasteiger partial charge in [0.25, 0.3) is 0 Å². The Balaban J connectivity index is 1.75. The maximum Gasteiger partial charge on any atom is 0.0313 e. The number of hydrogen-bond donors (Lipinski definition) is 1. The van der Waals surface area contributed by atoms with E-state index in [1.165, 1.54) is 17.5 Å². The van der Waals surface area contributed by atoms with Crippen LogP contribution in [0.2, 0.25) is 0 Å². The topological polar surface area (TPSA) is 24.9 Å². The summed E-state index contributed by atoms with van der Waals surface area (Å²) in [5.41, 5.74) is 3.10. The van der Waals surface area contributed by atoms with E-state index in [1.807, 2.05) is 12.4 Å². The second-order valence-corrected chi connectivity index (χ2v) is 5.39. The summed E-state index contributed by atoms with van der Waals surface area (Å²) in [7, 11) is 0. The van der Waals surface area contributed by atoms with E-state index in [1.54, 1.807) is 0 Å². The molecule has 1 unspecified atom stereocenters. The van der Waals surface area contributed by atoms with E-state index in [4.69, 9.17) is 0 Å². The molecule has 0 aromatic carbocycles. The minimum absolute atomic E-state index is 0.581. The van der Waals surface area contributed by atoms with E-state index in [0.717, 1.165) is 19.0 Å². The molecule has 1 aromatic rings. The summed E-state index contributed by atoms with van der Waals surface area (Å²) in [5, 5.41) is 3.51. The lowest BCUT2D eigenvalue weighted by Crippen LogP contribution is -2.18. The molecule has 2 heteroatoms. The summed E-state index contributed by atoms with van der Waals surface area (Å²) in [4.78, 5) is 4.19. The molecule has 0 radical (unpaired) electrons. The van der Waals surface area contributed by atoms with Crippen molar-refractivity contribution in [3.8, 4) is 0 Å². The van der Waals surface area contributed by atoms with Gasteiger partial charge in [-0.1, -0.05) is 19.9 Å². The molecular weight excluding hydrogens is 184 g/mol. The second kappa shape index (κ2) is 3.93. The van der Waals surface area contributed by atoms with Gasteiger partial charge >= 0.3 is 0 Å². The summed E-state index contributed by atoms with van der Waals surface area (Å²) in [6.07, 6.45) is 5.21. The highest BCUT2D eigenvalue weighted by Gasteiger charge is 2.44. The maximum absolute atomic E-state index is 4.19. The molecule has 1 aliphatic carbocycles. The number of nitrogens with zero attached hydrogens (tertiary/aromatic N) is 1. The minimum atomic E-state index is 0.581. The SMILES string of the molecule is Cc1cncc(CNCC2CC2(C)C)c1. The lowest BCUT2D eigenvalue weighted by molar-refractivity contribution is 0.519. The summed E-state index contributed by atoms with van der Waals surface area (Å²) in [6.45, 7) is 8.85. The van der Waals surface area contributed by atoms with Crippen molar-refractivity contribution in [2.24, 2.45) is 11.3 Å². The Morgan fingerprint density at radius 1 is 1.47 bits per heavy atom. The number of aryl methyl sites for hydroxylation is 1. The van der Waals surface area contributed by atoms with E-state index in [9.17, 15) is 0 Å². The molecule has 0 aliphatic heterocycles. The van der Waals surface area contributed by atoms with Crippen LogP contribution in [-0.2, 0) is 6.54 Å². The zero-order valence-electron chi connectivity index (χ0n) is 9.88. The van der Waals surface area contributed by atoms with Crippen LogP contribution in [0.4, 0.5) is 0 Å². The third-order valence-electron chi connectivity index (χ3n) is 3.37. The lowest BCUT2D eigenvalue weighted by atomic mass is 10.1. The summed E-state index contributed by atoms with van der Waals surface area (Å²) >= 11 is 0. The number of rotatable bonds is 4. The highest BCUT2D eigenvalue weighted by Crippen LogP contribution is 2.50. The summed E-state index contributed by atoms with van der Waals surface area (Å²) in [6, 6.07) is 2.19. The van der Waals surface area contributed by atoms with Crippen molar-refractivity contribution in [2.75, 3.05) is 6.54 Å². The average Bonchev–Trinajstić information content (AvgIpc) is 2.74. The van der Waals surface area contributed by atoms with Gasteiger partial charge in [-0.15, -0.1) is 0 Å². The quantitative estimate of drug-likeness (QED) is 0.815. The molecule has 0 amide bonds. The molecule has 2 nitrogen and oxygen atoms in total. The third kappa shape index (κ3) is 2.78. The van der Waals surface area contributed by atoms with Crippen molar-refractivity contribution >= 4 is 0 Å². The fraction of sp³-hybridized carbons (Fsp3) is 0.615. The molecule has 1 saturated carbocycles. The Bertz CT molecular complexity index is 344. The Morgan fingerprint density at radius 2 is 2.20 bits per heavy atom. The molecule has 2 rings (SSSR count). The monoisotopic (exact) mass is 204 g/mol. The van der Waals surface area contributed by atoms with Crippen LogP contribution in [0, 0.1) is 18.3 Å². The first-order valence-corrected chi connectivity index (χ1v) is 5.69. The molecule has 0 bridgehead atoms. The molecule has 1 fully saturated rings. The van der Waals surface area contributed by atoms with E-state index in [2.05, 4.69) is 37.1 Å². The first-order valence-electron chi connectivity index (χ1n) is 5.69. The number of pyridine rings is 1. The molecule has 1 N–H and O–H groups in total. The van der Waals surface area contributed by atoms with Crippen LogP contribution in [0.3, 0.4) is 0 Å². The smallest absolute Gasteiger partial charge is 0.0313 e. The van der Waals surface area contributed by atoms with Crippen molar-refractivity contribution in [3.63, 3.8) is 0 Å². The molecule has 82 valence electrons. The van der Waals surface area contributed by atoms with Gasteiger partial charge in [-0.25, -0.2) is 0 Å². The Kier molecular flexibility index (Phi) is 2.79. The predicted octanol–water partition coefficient (Wildman–Crippen LogP) is 2.53. The van der Waals surface area contributed by atoms with Gasteiger partial charge in [0, 0.05) is 18.9 Å². The number of hydrogen-bond acceptors (Lipinski definition) is 2. The lowest BCUT2D eigenvalue weighted by Gasteiger charge is -2.06. The van der Waals surface area contributed by atoms with E-state index in [-0.39, 0.29) is 0 Å². The summed E-state index contributed by atoms with van der Waals surface area (Å²) in [5.74, 6) is 0.871. The highest BCUT2D eigenvalue weighted by atomic mass is 14.9. The van der Waals surface area contributed by atoms with E-state index < -0.39 is 0 Å². The third-order valence-corrected chi connectivity index (χ3v) is 3.37. The highest BCUT2D eigenvalue weighted by molar-refractivity contribution is 5.16. The van der Waals surface area contributed by atoms with Gasteiger partial charge in [-0.2, -0.15) is 0 Å². The largest absolute Gasteiger partial charge is 0.312 e. The second-order valence-electron chi connectivity index (χ2n) is 5.39. The molecule has 15 heavy (non-hydrogen) atoms. The number of nitrogens with one attached hydrogen (secondary N) is 1. The first kappa shape index (κ1) is 10.6. The van der Waals surface area contributed by atoms with Crippen LogP contribution in [0.25, 0.3) is 0 Å². The molecule has 1 atom stereocenters. The van der Waals surface area contributed by atoms with Gasteiger partial charge < -0.3 is 5.32 Å². The molecule has 1 aromatic heterocycles. The zero-order valence-corrected chi connectivity index (χ0v) is 9.88. The van der Waals surface area contributed by atoms with Crippen LogP contribution in [0.15, 0.2) is 18.5 Å². The normalized spacial score (nSPS) is 22.7. The fourth-order valence-electron chi connectivity index (χ4n) is 2.03. The average molecular weight is 204 g/mol. The van der Waals surface area contributed by atoms with Crippen LogP contribution in [0.5, 0.6) is 0 Å². The molecule has 0 saturated heterocycles. The molecule has 1 heterocycles. The number of aromatic nitrogens is 1. The van der Waals surface area contributed by atoms with Gasteiger partial charge in [0.15, 0.2) is 0 Å². The van der Waals surface area contributed by atoms with Crippen LogP contribution in [-0.4, -0.2) is 11.5 Å². The van der Waals surface area contributed by atoms with Gasteiger partial charge in [0.2, 0.25) is 0 Å². The van der Waals surface area contributed by atoms with Gasteiger partial charge in [-0.3, -0.25) is 4.98 Å². The zero-order chi connectivity index (χ0) is 10.9. The fourth-order valence-corrected chi connectivity index (χ4v) is 2.03. The van der Waals surface area contributed by atoms with Crippen LogP contribution in [0.1, 0.15) is 31.4 Å². The Hall–Kier alpha value is -0.890.